The quantitative estimate of drug-likeness (QED) is 0.387. The first kappa shape index (κ1) is 23.3. The molecule has 2 aliphatic heterocycles. The number of aromatic nitrogens is 4. The van der Waals surface area contributed by atoms with Crippen LogP contribution in [0.25, 0.3) is 0 Å². The molecular formula is C18H19BrN6O4S3. The topological polar surface area (TPSA) is 130 Å². The van der Waals surface area contributed by atoms with Gasteiger partial charge in [0, 0.05) is 17.7 Å². The van der Waals surface area contributed by atoms with Gasteiger partial charge in [0.25, 0.3) is 5.91 Å². The molecule has 1 saturated heterocycles. The molecule has 0 spiro atoms. The molecule has 14 heteroatoms. The molecule has 0 aromatic carbocycles. The van der Waals surface area contributed by atoms with Gasteiger partial charge in [-0.2, -0.15) is 5.10 Å². The molecule has 4 rings (SSSR count). The van der Waals surface area contributed by atoms with Crippen molar-refractivity contribution in [2.24, 2.45) is 0 Å². The van der Waals surface area contributed by atoms with Crippen LogP contribution in [0.5, 0.6) is 0 Å². The molecule has 10 nitrogen and oxygen atoms in total. The number of halogens is 1. The molecule has 4 heterocycles. The number of carbonyl (C=O) groups is 3. The van der Waals surface area contributed by atoms with Crippen LogP contribution < -0.4 is 5.32 Å². The first-order chi connectivity index (χ1) is 15.2. The maximum atomic E-state index is 12.8. The molecule has 0 radical (unpaired) electrons. The summed E-state index contributed by atoms with van der Waals surface area (Å²) in [5.74, 6) is -1.07. The van der Waals surface area contributed by atoms with E-state index >= 15 is 0 Å². The number of β-lactam (4-membered cyclic amide) rings is 1. The van der Waals surface area contributed by atoms with Gasteiger partial charge in [0.05, 0.1) is 10.2 Å². The third-order valence-electron chi connectivity index (χ3n) is 5.06. The molecule has 0 saturated carbocycles. The van der Waals surface area contributed by atoms with Crippen LogP contribution in [-0.4, -0.2) is 70.7 Å². The minimum absolute atomic E-state index is 0.00216. The second-order valence-electron chi connectivity index (χ2n) is 7.25. The number of nitrogens with zero attached hydrogens (tertiary/aromatic N) is 5. The van der Waals surface area contributed by atoms with Crippen LogP contribution >= 0.6 is 50.8 Å². The number of carboxylic acids is 1. The number of amides is 2. The standard InChI is InChI=1S/C18H19BrN6O4S3/c1-7-11(19)4-24(23-7)8(2)14(26)20-12-15(27)25-13(17(28)29)10(5-30-16(12)25)6-31-18-22-21-9(3)32-18/h4,8,12,16H,5-6H2,1-3H3,(H,20,26)(H,28,29)/t8-,12+,16+/m1/s1. The van der Waals surface area contributed by atoms with E-state index in [0.717, 1.165) is 19.5 Å². The number of aryl methyl sites for hydroxylation is 2. The van der Waals surface area contributed by atoms with Gasteiger partial charge in [0.15, 0.2) is 4.34 Å². The van der Waals surface area contributed by atoms with Gasteiger partial charge in [-0.1, -0.05) is 23.1 Å². The first-order valence-corrected chi connectivity index (χ1v) is 13.2. The Morgan fingerprint density at radius 3 is 2.75 bits per heavy atom. The summed E-state index contributed by atoms with van der Waals surface area (Å²) in [6, 6.07) is -1.39. The third kappa shape index (κ3) is 4.32. The Labute approximate surface area is 204 Å². The Kier molecular flexibility index (Phi) is 6.66. The summed E-state index contributed by atoms with van der Waals surface area (Å²) in [6.45, 7) is 5.36. The summed E-state index contributed by atoms with van der Waals surface area (Å²) >= 11 is 7.65. The summed E-state index contributed by atoms with van der Waals surface area (Å²) in [6.07, 6.45) is 1.71. The van der Waals surface area contributed by atoms with Crippen molar-refractivity contribution in [1.29, 1.82) is 0 Å². The molecule has 2 aromatic heterocycles. The van der Waals surface area contributed by atoms with Crippen molar-refractivity contribution in [3.8, 4) is 0 Å². The molecule has 2 aliphatic rings. The second kappa shape index (κ2) is 9.15. The van der Waals surface area contributed by atoms with Crippen LogP contribution in [0.2, 0.25) is 0 Å². The fraction of sp³-hybridized carbons (Fsp3) is 0.444. The lowest BCUT2D eigenvalue weighted by Crippen LogP contribution is -2.71. The Morgan fingerprint density at radius 1 is 1.41 bits per heavy atom. The van der Waals surface area contributed by atoms with Crippen molar-refractivity contribution in [3.63, 3.8) is 0 Å². The Balaban J connectivity index is 1.45. The lowest BCUT2D eigenvalue weighted by Gasteiger charge is -2.49. The molecule has 2 amide bonds. The fourth-order valence-electron chi connectivity index (χ4n) is 3.33. The van der Waals surface area contributed by atoms with E-state index in [1.165, 1.54) is 44.4 Å². The van der Waals surface area contributed by atoms with Gasteiger partial charge in [0.1, 0.15) is 28.2 Å². The van der Waals surface area contributed by atoms with E-state index in [2.05, 4.69) is 36.5 Å². The van der Waals surface area contributed by atoms with Crippen LogP contribution in [0.4, 0.5) is 0 Å². The number of fused-ring (bicyclic) bond motifs is 1. The average Bonchev–Trinajstić information content (AvgIpc) is 3.33. The maximum absolute atomic E-state index is 12.8. The monoisotopic (exact) mass is 558 g/mol. The van der Waals surface area contributed by atoms with Crippen molar-refractivity contribution in [2.75, 3.05) is 11.5 Å². The number of carbonyl (C=O) groups excluding carboxylic acids is 2. The molecule has 0 unspecified atom stereocenters. The molecule has 0 aliphatic carbocycles. The fourth-order valence-corrected chi connectivity index (χ4v) is 6.92. The van der Waals surface area contributed by atoms with E-state index < -0.39 is 29.3 Å². The molecule has 170 valence electrons. The number of rotatable bonds is 7. The third-order valence-corrected chi connectivity index (χ3v) is 9.23. The minimum Gasteiger partial charge on any atom is -0.477 e. The second-order valence-corrected chi connectivity index (χ2v) is 11.6. The van der Waals surface area contributed by atoms with Gasteiger partial charge in [-0.05, 0) is 42.3 Å². The van der Waals surface area contributed by atoms with Crippen LogP contribution in [0.15, 0.2) is 26.3 Å². The summed E-state index contributed by atoms with van der Waals surface area (Å²) < 4.78 is 3.06. The highest BCUT2D eigenvalue weighted by molar-refractivity contribution is 9.10. The van der Waals surface area contributed by atoms with E-state index in [9.17, 15) is 19.5 Å². The predicted molar refractivity (Wildman–Crippen MR) is 124 cm³/mol. The normalized spacial score (nSPS) is 21.2. The van der Waals surface area contributed by atoms with Crippen molar-refractivity contribution < 1.29 is 19.5 Å². The molecule has 3 atom stereocenters. The van der Waals surface area contributed by atoms with E-state index in [-0.39, 0.29) is 11.6 Å². The number of thioether (sulfide) groups is 2. The number of nitrogens with one attached hydrogen (secondary N) is 1. The number of hydrogen-bond donors (Lipinski definition) is 2. The first-order valence-electron chi connectivity index (χ1n) is 9.52. The van der Waals surface area contributed by atoms with Crippen molar-refractivity contribution in [2.45, 2.75) is 42.6 Å². The Hall–Kier alpha value is -1.90. The molecule has 32 heavy (non-hydrogen) atoms. The van der Waals surface area contributed by atoms with Gasteiger partial charge in [-0.25, -0.2) is 4.79 Å². The van der Waals surface area contributed by atoms with Crippen molar-refractivity contribution in [1.82, 2.24) is 30.2 Å². The smallest absolute Gasteiger partial charge is 0.352 e. The van der Waals surface area contributed by atoms with E-state index in [1.54, 1.807) is 13.1 Å². The highest BCUT2D eigenvalue weighted by Crippen LogP contribution is 2.42. The molecule has 0 bridgehead atoms. The summed E-state index contributed by atoms with van der Waals surface area (Å²) in [5, 5.41) is 25.2. The van der Waals surface area contributed by atoms with Gasteiger partial charge in [-0.15, -0.1) is 22.0 Å². The van der Waals surface area contributed by atoms with E-state index in [4.69, 9.17) is 0 Å². The van der Waals surface area contributed by atoms with Gasteiger partial charge in [0.2, 0.25) is 5.91 Å². The molecular weight excluding hydrogens is 540 g/mol. The van der Waals surface area contributed by atoms with Crippen molar-refractivity contribution in [3.05, 3.63) is 32.6 Å². The van der Waals surface area contributed by atoms with Gasteiger partial charge >= 0.3 is 5.97 Å². The van der Waals surface area contributed by atoms with Gasteiger partial charge < -0.3 is 10.4 Å². The van der Waals surface area contributed by atoms with E-state index in [0.29, 0.717) is 17.1 Å². The largest absolute Gasteiger partial charge is 0.477 e. The van der Waals surface area contributed by atoms with Crippen LogP contribution in [0, 0.1) is 13.8 Å². The van der Waals surface area contributed by atoms with Crippen LogP contribution in [0.1, 0.15) is 23.7 Å². The Bertz CT molecular complexity index is 1110. The molecule has 2 aromatic rings. The minimum atomic E-state index is -1.15. The summed E-state index contributed by atoms with van der Waals surface area (Å²) in [5.41, 5.74) is 1.40. The summed E-state index contributed by atoms with van der Waals surface area (Å²) in [7, 11) is 0. The van der Waals surface area contributed by atoms with E-state index in [1.807, 2.05) is 13.8 Å². The Morgan fingerprint density at radius 2 is 2.16 bits per heavy atom. The average molecular weight is 559 g/mol. The number of carboxylic acid groups (broad SMARTS) is 1. The zero-order valence-corrected chi connectivity index (χ0v) is 21.3. The molecule has 1 fully saturated rings. The number of aliphatic carboxylic acids is 1. The van der Waals surface area contributed by atoms with Crippen LogP contribution in [-0.2, 0) is 14.4 Å². The lowest BCUT2D eigenvalue weighted by atomic mass is 10.0. The highest BCUT2D eigenvalue weighted by atomic mass is 79.9. The maximum Gasteiger partial charge on any atom is 0.352 e. The van der Waals surface area contributed by atoms with Crippen molar-refractivity contribution >= 4 is 68.6 Å². The predicted octanol–water partition coefficient (Wildman–Crippen LogP) is 2.21. The lowest BCUT2D eigenvalue weighted by molar-refractivity contribution is -0.151. The van der Waals surface area contributed by atoms with Gasteiger partial charge in [-0.3, -0.25) is 19.2 Å². The summed E-state index contributed by atoms with van der Waals surface area (Å²) in [4.78, 5) is 38.8. The highest BCUT2D eigenvalue weighted by Gasteiger charge is 2.54. The van der Waals surface area contributed by atoms with Crippen LogP contribution in [0.3, 0.4) is 0 Å². The molecule has 2 N–H and O–H groups in total. The zero-order valence-electron chi connectivity index (χ0n) is 17.2. The number of hydrogen-bond acceptors (Lipinski definition) is 9. The SMILES string of the molecule is Cc1nnc(SCC2=C(C(=O)O)N3C(=O)[C@H](NC(=O)[C@@H](C)n4cc(Br)c(C)n4)[C@@H]3SC2)s1. The zero-order chi connectivity index (χ0) is 23.2.